The monoisotopic (exact) mass is 531 g/mol. The summed E-state index contributed by atoms with van der Waals surface area (Å²) in [4.78, 5) is 24.2. The first-order chi connectivity index (χ1) is 18.4. The number of anilines is 1. The zero-order valence-corrected chi connectivity index (χ0v) is 21.1. The summed E-state index contributed by atoms with van der Waals surface area (Å²) in [7, 11) is -3.87. The van der Waals surface area contributed by atoms with E-state index in [1.807, 2.05) is 33.7 Å². The molecule has 2 aromatic heterocycles. The van der Waals surface area contributed by atoms with Gasteiger partial charge in [0, 0.05) is 30.8 Å². The molecule has 38 heavy (non-hydrogen) atoms. The number of rotatable bonds is 5. The summed E-state index contributed by atoms with van der Waals surface area (Å²) in [5.41, 5.74) is 9.00. The fraction of sp³-hybridized carbons (Fsp3) is 0.231. The van der Waals surface area contributed by atoms with E-state index >= 15 is 0 Å². The maximum atomic E-state index is 13.4. The third kappa shape index (κ3) is 4.54. The Morgan fingerprint density at radius 3 is 2.89 bits per heavy atom. The smallest absolute Gasteiger partial charge is 0.344 e. The second-order valence-corrected chi connectivity index (χ2v) is 10.6. The molecule has 0 saturated carbocycles. The van der Waals surface area contributed by atoms with Crippen LogP contribution in [0, 0.1) is 5.92 Å². The summed E-state index contributed by atoms with van der Waals surface area (Å²) < 4.78 is 37.5. The molecule has 1 amide bonds. The SMILES string of the molecule is NC1=NS(=O)(=O)Nc2cccc(OC[C@H]3CCCN(C(=O)c4ccnc(-n5cnc6ccccc65)c4)C3)c21. The minimum absolute atomic E-state index is 0.0642. The lowest BCUT2D eigenvalue weighted by Gasteiger charge is -2.33. The van der Waals surface area contributed by atoms with Gasteiger partial charge in [-0.05, 0) is 49.2 Å². The number of imidazole rings is 1. The Labute approximate surface area is 219 Å². The van der Waals surface area contributed by atoms with Crippen molar-refractivity contribution < 1.29 is 17.9 Å². The number of pyridine rings is 1. The van der Waals surface area contributed by atoms with Gasteiger partial charge in [0.15, 0.2) is 5.84 Å². The number of amidine groups is 1. The van der Waals surface area contributed by atoms with Crippen molar-refractivity contribution in [3.63, 3.8) is 0 Å². The van der Waals surface area contributed by atoms with Crippen molar-refractivity contribution in [3.05, 3.63) is 78.2 Å². The number of aromatic nitrogens is 3. The van der Waals surface area contributed by atoms with Crippen LogP contribution >= 0.6 is 0 Å². The Morgan fingerprint density at radius 1 is 1.13 bits per heavy atom. The molecule has 0 unspecified atom stereocenters. The van der Waals surface area contributed by atoms with Gasteiger partial charge in [-0.3, -0.25) is 14.1 Å². The average Bonchev–Trinajstić information content (AvgIpc) is 3.35. The number of nitrogens with zero attached hydrogens (tertiary/aromatic N) is 5. The van der Waals surface area contributed by atoms with E-state index in [9.17, 15) is 13.2 Å². The Bertz CT molecular complexity index is 1680. The summed E-state index contributed by atoms with van der Waals surface area (Å²) in [6.07, 6.45) is 5.10. The molecule has 0 bridgehead atoms. The van der Waals surface area contributed by atoms with Crippen LogP contribution in [-0.4, -0.2) is 59.3 Å². The van der Waals surface area contributed by atoms with Crippen LogP contribution in [0.5, 0.6) is 5.75 Å². The highest BCUT2D eigenvalue weighted by atomic mass is 32.2. The highest BCUT2D eigenvalue weighted by molar-refractivity contribution is 7.91. The molecule has 2 aliphatic rings. The summed E-state index contributed by atoms with van der Waals surface area (Å²) in [6, 6.07) is 16.3. The van der Waals surface area contributed by atoms with Gasteiger partial charge in [0.25, 0.3) is 5.91 Å². The van der Waals surface area contributed by atoms with Crippen LogP contribution in [0.25, 0.3) is 16.9 Å². The minimum Gasteiger partial charge on any atom is -0.492 e. The number of likely N-dealkylation sites (tertiary alicyclic amines) is 1. The number of ether oxygens (including phenoxy) is 1. The van der Waals surface area contributed by atoms with Crippen LogP contribution in [0.2, 0.25) is 0 Å². The molecule has 194 valence electrons. The first kappa shape index (κ1) is 23.9. The zero-order valence-electron chi connectivity index (χ0n) is 20.3. The summed E-state index contributed by atoms with van der Waals surface area (Å²) >= 11 is 0. The van der Waals surface area contributed by atoms with E-state index in [1.165, 1.54) is 0 Å². The maximum Gasteiger partial charge on any atom is 0.344 e. The molecule has 4 heterocycles. The molecule has 1 fully saturated rings. The molecular formula is C26H25N7O4S. The second-order valence-electron chi connectivity index (χ2n) is 9.31. The summed E-state index contributed by atoms with van der Waals surface area (Å²) in [5, 5.41) is 0. The van der Waals surface area contributed by atoms with Gasteiger partial charge in [0.1, 0.15) is 17.9 Å². The van der Waals surface area contributed by atoms with Gasteiger partial charge in [0.2, 0.25) is 0 Å². The van der Waals surface area contributed by atoms with Gasteiger partial charge in [-0.15, -0.1) is 4.40 Å². The number of hydrogen-bond acceptors (Lipinski definition) is 7. The van der Waals surface area contributed by atoms with Gasteiger partial charge in [-0.1, -0.05) is 18.2 Å². The Kier molecular flexibility index (Phi) is 5.95. The molecule has 0 spiro atoms. The average molecular weight is 532 g/mol. The van der Waals surface area contributed by atoms with E-state index in [1.54, 1.807) is 42.9 Å². The largest absolute Gasteiger partial charge is 0.492 e. The van der Waals surface area contributed by atoms with Crippen LogP contribution in [0.4, 0.5) is 5.69 Å². The molecule has 3 N–H and O–H groups in total. The van der Waals surface area contributed by atoms with Gasteiger partial charge >= 0.3 is 10.2 Å². The maximum absolute atomic E-state index is 13.4. The van der Waals surface area contributed by atoms with Crippen LogP contribution in [0.3, 0.4) is 0 Å². The van der Waals surface area contributed by atoms with E-state index in [4.69, 9.17) is 10.5 Å². The number of nitrogens with two attached hydrogens (primary N) is 1. The minimum atomic E-state index is -3.87. The first-order valence-corrected chi connectivity index (χ1v) is 13.6. The number of piperidine rings is 1. The molecule has 4 aromatic rings. The molecule has 2 aliphatic heterocycles. The van der Waals surface area contributed by atoms with E-state index < -0.39 is 10.2 Å². The number of hydrogen-bond donors (Lipinski definition) is 2. The quantitative estimate of drug-likeness (QED) is 0.403. The lowest BCUT2D eigenvalue weighted by atomic mass is 9.98. The number of fused-ring (bicyclic) bond motifs is 2. The van der Waals surface area contributed by atoms with Crippen molar-refractivity contribution in [1.29, 1.82) is 0 Å². The third-order valence-electron chi connectivity index (χ3n) is 6.71. The van der Waals surface area contributed by atoms with Crippen molar-refractivity contribution >= 4 is 38.7 Å². The highest BCUT2D eigenvalue weighted by Crippen LogP contribution is 2.31. The molecule has 1 atom stereocenters. The van der Waals surface area contributed by atoms with E-state index in [0.29, 0.717) is 48.1 Å². The van der Waals surface area contributed by atoms with Crippen LogP contribution in [-0.2, 0) is 10.2 Å². The normalized spacial score (nSPS) is 18.4. The lowest BCUT2D eigenvalue weighted by Crippen LogP contribution is -2.41. The van der Waals surface area contributed by atoms with Crippen molar-refractivity contribution in [1.82, 2.24) is 19.4 Å². The van der Waals surface area contributed by atoms with Gasteiger partial charge in [0.05, 0.1) is 28.9 Å². The van der Waals surface area contributed by atoms with E-state index in [0.717, 1.165) is 23.9 Å². The van der Waals surface area contributed by atoms with Crippen LogP contribution in [0.15, 0.2) is 71.5 Å². The van der Waals surface area contributed by atoms with Crippen molar-refractivity contribution in [2.24, 2.45) is 16.0 Å². The molecule has 11 nitrogen and oxygen atoms in total. The number of carbonyl (C=O) groups is 1. The number of benzene rings is 2. The molecular weight excluding hydrogens is 506 g/mol. The fourth-order valence-electron chi connectivity index (χ4n) is 4.94. The van der Waals surface area contributed by atoms with E-state index in [2.05, 4.69) is 19.1 Å². The molecule has 6 rings (SSSR count). The predicted molar refractivity (Wildman–Crippen MR) is 143 cm³/mol. The van der Waals surface area contributed by atoms with Crippen molar-refractivity contribution in [3.8, 4) is 11.6 Å². The third-order valence-corrected chi connectivity index (χ3v) is 7.63. The molecule has 0 aliphatic carbocycles. The Balaban J connectivity index is 1.16. The number of para-hydroxylation sites is 2. The van der Waals surface area contributed by atoms with E-state index in [-0.39, 0.29) is 17.7 Å². The summed E-state index contributed by atoms with van der Waals surface area (Å²) in [6.45, 7) is 1.54. The first-order valence-electron chi connectivity index (χ1n) is 12.2. The van der Waals surface area contributed by atoms with Crippen LogP contribution in [0.1, 0.15) is 28.8 Å². The van der Waals surface area contributed by atoms with Gasteiger partial charge < -0.3 is 15.4 Å². The number of amides is 1. The highest BCUT2D eigenvalue weighted by Gasteiger charge is 2.28. The second kappa shape index (κ2) is 9.45. The van der Waals surface area contributed by atoms with Gasteiger partial charge in [-0.25, -0.2) is 9.97 Å². The fourth-order valence-corrected chi connectivity index (χ4v) is 5.78. The van der Waals surface area contributed by atoms with Gasteiger partial charge in [-0.2, -0.15) is 8.42 Å². The molecule has 1 saturated heterocycles. The molecule has 2 aromatic carbocycles. The molecule has 0 radical (unpaired) electrons. The lowest BCUT2D eigenvalue weighted by molar-refractivity contribution is 0.0633. The van der Waals surface area contributed by atoms with Crippen LogP contribution < -0.4 is 15.2 Å². The zero-order chi connectivity index (χ0) is 26.3. The Morgan fingerprint density at radius 2 is 2.00 bits per heavy atom. The standard InChI is InChI=1S/C26H25N7O4S/c27-25-24-20(30-38(35,36)31-25)7-3-9-22(24)37-15-17-5-4-12-32(14-17)26(34)18-10-11-28-23(13-18)33-16-29-19-6-1-2-8-21(19)33/h1-3,6-11,13,16-17,30H,4-5,12,14-15H2,(H2,27,31)/t17-/m0/s1. The van der Waals surface area contributed by atoms with Crippen molar-refractivity contribution in [2.45, 2.75) is 12.8 Å². The topological polar surface area (TPSA) is 145 Å². The Hall–Kier alpha value is -4.45. The predicted octanol–water partition coefficient (Wildman–Crippen LogP) is 2.73. The van der Waals surface area contributed by atoms with Crippen molar-refractivity contribution in [2.75, 3.05) is 24.4 Å². The molecule has 12 heteroatoms. The summed E-state index contributed by atoms with van der Waals surface area (Å²) in [5.74, 6) is 0.992. The number of nitrogens with one attached hydrogen (secondary N) is 1. The number of carbonyl (C=O) groups excluding carboxylic acids is 1.